The molecule has 3 rings (SSSR count). The molecule has 23 heavy (non-hydrogen) atoms. The molecule has 0 bridgehead atoms. The normalized spacial score (nSPS) is 11.7. The number of rotatable bonds is 3. The lowest BCUT2D eigenvalue weighted by Gasteiger charge is -2.20. The van der Waals surface area contributed by atoms with Crippen molar-refractivity contribution in [2.75, 3.05) is 11.4 Å². The Bertz CT molecular complexity index is 992. The highest BCUT2D eigenvalue weighted by molar-refractivity contribution is 7.92. The molecule has 0 amide bonds. The van der Waals surface area contributed by atoms with E-state index in [0.717, 1.165) is 27.0 Å². The van der Waals surface area contributed by atoms with Crippen molar-refractivity contribution in [3.63, 3.8) is 0 Å². The van der Waals surface area contributed by atoms with Gasteiger partial charge in [0, 0.05) is 29.7 Å². The van der Waals surface area contributed by atoms with Crippen molar-refractivity contribution in [1.29, 1.82) is 0 Å². The van der Waals surface area contributed by atoms with Crippen LogP contribution in [0.2, 0.25) is 0 Å². The monoisotopic (exact) mass is 332 g/mol. The van der Waals surface area contributed by atoms with Gasteiger partial charge in [-0.25, -0.2) is 8.42 Å². The number of anilines is 1. The fraction of sp³-hybridized carbons (Fsp3) is 0.125. The first-order valence-corrected chi connectivity index (χ1v) is 8.33. The molecule has 0 saturated carbocycles. The van der Waals surface area contributed by atoms with E-state index in [4.69, 9.17) is 0 Å². The van der Waals surface area contributed by atoms with Gasteiger partial charge in [-0.15, -0.1) is 0 Å². The van der Waals surface area contributed by atoms with Crippen LogP contribution < -0.4 is 4.31 Å². The number of H-pyrrole nitrogens is 1. The third kappa shape index (κ3) is 2.59. The highest BCUT2D eigenvalue weighted by Crippen LogP contribution is 2.32. The fourth-order valence-corrected chi connectivity index (χ4v) is 3.72. The van der Waals surface area contributed by atoms with Gasteiger partial charge in [-0.1, -0.05) is 0 Å². The fourth-order valence-electron chi connectivity index (χ4n) is 2.47. The Hall–Kier alpha value is -2.67. The number of phenols is 2. The van der Waals surface area contributed by atoms with Crippen LogP contribution in [0.25, 0.3) is 10.9 Å². The van der Waals surface area contributed by atoms with Gasteiger partial charge < -0.3 is 15.2 Å². The lowest BCUT2D eigenvalue weighted by atomic mass is 10.2. The molecule has 7 heteroatoms. The third-order valence-corrected chi connectivity index (χ3v) is 5.52. The van der Waals surface area contributed by atoms with Crippen molar-refractivity contribution in [3.05, 3.63) is 48.2 Å². The average Bonchev–Trinajstić information content (AvgIpc) is 2.85. The van der Waals surface area contributed by atoms with Gasteiger partial charge in [0.25, 0.3) is 10.0 Å². The van der Waals surface area contributed by atoms with Crippen LogP contribution in [0.5, 0.6) is 11.5 Å². The topological polar surface area (TPSA) is 93.6 Å². The number of aromatic nitrogens is 1. The molecule has 3 N–H and O–H groups in total. The van der Waals surface area contributed by atoms with Gasteiger partial charge in [0.1, 0.15) is 16.4 Å². The number of nitrogens with zero attached hydrogens (tertiary/aromatic N) is 1. The van der Waals surface area contributed by atoms with Gasteiger partial charge >= 0.3 is 0 Å². The number of benzene rings is 2. The second kappa shape index (κ2) is 5.20. The lowest BCUT2D eigenvalue weighted by molar-refractivity contribution is 0.439. The van der Waals surface area contributed by atoms with E-state index in [0.29, 0.717) is 5.69 Å². The van der Waals surface area contributed by atoms with Crippen LogP contribution in [0.3, 0.4) is 0 Å². The number of aromatic amines is 1. The van der Waals surface area contributed by atoms with E-state index >= 15 is 0 Å². The highest BCUT2D eigenvalue weighted by Gasteiger charge is 2.25. The van der Waals surface area contributed by atoms with Crippen LogP contribution >= 0.6 is 0 Å². The Morgan fingerprint density at radius 2 is 1.78 bits per heavy atom. The Morgan fingerprint density at radius 3 is 2.48 bits per heavy atom. The maximum Gasteiger partial charge on any atom is 0.267 e. The highest BCUT2D eigenvalue weighted by atomic mass is 32.2. The molecule has 0 aliphatic heterocycles. The van der Waals surface area contributed by atoms with Crippen molar-refractivity contribution in [1.82, 2.24) is 4.98 Å². The van der Waals surface area contributed by atoms with Crippen molar-refractivity contribution >= 4 is 26.6 Å². The third-order valence-electron chi connectivity index (χ3n) is 3.68. The number of sulfonamides is 1. The van der Waals surface area contributed by atoms with E-state index in [2.05, 4.69) is 4.98 Å². The van der Waals surface area contributed by atoms with Gasteiger partial charge in [0.15, 0.2) is 0 Å². The summed E-state index contributed by atoms with van der Waals surface area (Å²) >= 11 is 0. The van der Waals surface area contributed by atoms with Crippen LogP contribution in [0.4, 0.5) is 5.69 Å². The van der Waals surface area contributed by atoms with Crippen LogP contribution in [0.1, 0.15) is 5.69 Å². The molecule has 0 atom stereocenters. The van der Waals surface area contributed by atoms with E-state index in [1.807, 2.05) is 13.0 Å². The van der Waals surface area contributed by atoms with Gasteiger partial charge in [-0.3, -0.25) is 4.31 Å². The Labute approximate surface area is 133 Å². The number of aryl methyl sites for hydroxylation is 1. The zero-order valence-corrected chi connectivity index (χ0v) is 13.4. The predicted molar refractivity (Wildman–Crippen MR) is 88.4 cm³/mol. The van der Waals surface area contributed by atoms with Gasteiger partial charge in [0.05, 0.1) is 5.69 Å². The minimum absolute atomic E-state index is 0.201. The molecular weight excluding hydrogens is 316 g/mol. The molecule has 0 spiro atoms. The molecule has 120 valence electrons. The van der Waals surface area contributed by atoms with Crippen molar-refractivity contribution in [2.24, 2.45) is 0 Å². The molecular formula is C16H16N2O4S. The second-order valence-corrected chi connectivity index (χ2v) is 7.29. The van der Waals surface area contributed by atoms with Gasteiger partial charge in [0.2, 0.25) is 0 Å². The molecule has 0 unspecified atom stereocenters. The Kier molecular flexibility index (Phi) is 3.45. The van der Waals surface area contributed by atoms with Crippen molar-refractivity contribution in [2.45, 2.75) is 11.8 Å². The van der Waals surface area contributed by atoms with E-state index < -0.39 is 15.8 Å². The van der Waals surface area contributed by atoms with Crippen LogP contribution in [-0.4, -0.2) is 30.7 Å². The van der Waals surface area contributed by atoms with Gasteiger partial charge in [-0.2, -0.15) is 0 Å². The summed E-state index contributed by atoms with van der Waals surface area (Å²) in [5, 5.41) is 20.0. The van der Waals surface area contributed by atoms with E-state index in [1.165, 1.54) is 19.2 Å². The number of fused-ring (bicyclic) bond motifs is 1. The van der Waals surface area contributed by atoms with Crippen LogP contribution in [0, 0.1) is 6.92 Å². The average molecular weight is 332 g/mol. The van der Waals surface area contributed by atoms with E-state index in [9.17, 15) is 18.6 Å². The number of nitrogens with one attached hydrogen (secondary N) is 1. The number of hydrogen-bond donors (Lipinski definition) is 3. The maximum atomic E-state index is 12.7. The first-order chi connectivity index (χ1) is 10.8. The Balaban J connectivity index is 2.07. The minimum atomic E-state index is -3.94. The first kappa shape index (κ1) is 15.2. The molecule has 6 nitrogen and oxygen atoms in total. The Morgan fingerprint density at radius 1 is 1.04 bits per heavy atom. The second-order valence-electron chi connectivity index (χ2n) is 5.35. The predicted octanol–water partition coefficient (Wildman–Crippen LogP) is 2.71. The molecule has 0 radical (unpaired) electrons. The zero-order chi connectivity index (χ0) is 16.8. The smallest absolute Gasteiger partial charge is 0.267 e. The van der Waals surface area contributed by atoms with Gasteiger partial charge in [-0.05, 0) is 43.3 Å². The molecule has 1 aromatic heterocycles. The minimum Gasteiger partial charge on any atom is -0.508 e. The van der Waals surface area contributed by atoms with E-state index in [1.54, 1.807) is 18.2 Å². The summed E-state index contributed by atoms with van der Waals surface area (Å²) < 4.78 is 26.5. The zero-order valence-electron chi connectivity index (χ0n) is 12.6. The molecule has 3 aromatic rings. The summed E-state index contributed by atoms with van der Waals surface area (Å²) in [6.07, 6.45) is 0. The molecule has 0 fully saturated rings. The standard InChI is InChI=1S/C16H16N2O4S/c1-10-7-11-8-12(3-5-14(11)17-10)18(2)23(21,22)16-6-4-13(19)9-15(16)20/h3-9,17,19-20H,1-2H3. The van der Waals surface area contributed by atoms with E-state index in [-0.39, 0.29) is 10.6 Å². The maximum absolute atomic E-state index is 12.7. The van der Waals surface area contributed by atoms with Crippen LogP contribution in [-0.2, 0) is 10.0 Å². The molecule has 1 heterocycles. The largest absolute Gasteiger partial charge is 0.508 e. The number of aromatic hydroxyl groups is 2. The van der Waals surface area contributed by atoms with Crippen LogP contribution in [0.15, 0.2) is 47.4 Å². The lowest BCUT2D eigenvalue weighted by Crippen LogP contribution is -2.26. The SMILES string of the molecule is Cc1cc2cc(N(C)S(=O)(=O)c3ccc(O)cc3O)ccc2[nH]1. The molecule has 0 aliphatic rings. The first-order valence-electron chi connectivity index (χ1n) is 6.89. The molecule has 2 aromatic carbocycles. The number of hydrogen-bond acceptors (Lipinski definition) is 4. The summed E-state index contributed by atoms with van der Waals surface area (Å²) in [6, 6.07) is 10.6. The quantitative estimate of drug-likeness (QED) is 0.687. The summed E-state index contributed by atoms with van der Waals surface area (Å²) in [5.41, 5.74) is 2.38. The molecule has 0 aliphatic carbocycles. The summed E-state index contributed by atoms with van der Waals surface area (Å²) in [5.74, 6) is -0.691. The molecule has 0 saturated heterocycles. The van der Waals surface area contributed by atoms with Crippen molar-refractivity contribution in [3.8, 4) is 11.5 Å². The summed E-state index contributed by atoms with van der Waals surface area (Å²) in [7, 11) is -2.52. The number of phenolic OH excluding ortho intramolecular Hbond substituents is 2. The summed E-state index contributed by atoms with van der Waals surface area (Å²) in [4.78, 5) is 2.91. The van der Waals surface area contributed by atoms with Crippen molar-refractivity contribution < 1.29 is 18.6 Å². The summed E-state index contributed by atoms with van der Waals surface area (Å²) in [6.45, 7) is 1.93.